The Balaban J connectivity index is 2.56. The second-order valence-electron chi connectivity index (χ2n) is 3.34. The molecule has 0 unspecified atom stereocenters. The summed E-state index contributed by atoms with van der Waals surface area (Å²) in [5.74, 6) is 0. The van der Waals surface area contributed by atoms with Gasteiger partial charge in [0.25, 0.3) is 0 Å². The van der Waals surface area contributed by atoms with Crippen molar-refractivity contribution in [3.05, 3.63) is 20.3 Å². The molecule has 0 bridgehead atoms. The number of hydrogen-bond acceptors (Lipinski definition) is 3. The lowest BCUT2D eigenvalue weighted by Crippen LogP contribution is -1.90. The third kappa shape index (κ3) is 4.33. The van der Waals surface area contributed by atoms with Crippen LogP contribution in [0.25, 0.3) is 0 Å². The SMILES string of the molecule is N#CCCc1cc(Br)sc1CCCCO. The average Bonchev–Trinajstić information content (AvgIpc) is 2.56. The number of aliphatic hydroxyl groups is 1. The summed E-state index contributed by atoms with van der Waals surface area (Å²) >= 11 is 5.21. The Labute approximate surface area is 103 Å². The van der Waals surface area contributed by atoms with E-state index in [1.54, 1.807) is 11.3 Å². The highest BCUT2D eigenvalue weighted by Crippen LogP contribution is 2.29. The normalized spacial score (nSPS) is 10.2. The molecule has 0 fully saturated rings. The number of nitrogens with zero attached hydrogens (tertiary/aromatic N) is 1. The molecule has 0 aliphatic rings. The number of rotatable bonds is 6. The van der Waals surface area contributed by atoms with Crippen LogP contribution >= 0.6 is 27.3 Å². The molecule has 0 aromatic carbocycles. The largest absolute Gasteiger partial charge is 0.396 e. The summed E-state index contributed by atoms with van der Waals surface area (Å²) in [4.78, 5) is 1.35. The Morgan fingerprint density at radius 2 is 2.20 bits per heavy atom. The number of hydrogen-bond donors (Lipinski definition) is 1. The standard InChI is InChI=1S/C11H14BrNOS/c12-11-8-9(4-3-6-13)10(15-11)5-1-2-7-14/h8,14H,1-5,7H2. The first kappa shape index (κ1) is 12.7. The Hall–Kier alpha value is -0.370. The summed E-state index contributed by atoms with van der Waals surface area (Å²) in [6.07, 6.45) is 4.30. The fourth-order valence-corrected chi connectivity index (χ4v) is 3.28. The molecule has 1 heterocycles. The van der Waals surface area contributed by atoms with Crippen LogP contribution in [0, 0.1) is 11.3 Å². The van der Waals surface area contributed by atoms with Crippen LogP contribution in [0.2, 0.25) is 0 Å². The number of aliphatic hydroxyl groups excluding tert-OH is 1. The van der Waals surface area contributed by atoms with Gasteiger partial charge in [0.1, 0.15) is 0 Å². The zero-order valence-corrected chi connectivity index (χ0v) is 10.9. The molecule has 0 aliphatic carbocycles. The molecule has 1 aromatic heterocycles. The molecule has 0 amide bonds. The van der Waals surface area contributed by atoms with Gasteiger partial charge in [-0.25, -0.2) is 0 Å². The highest BCUT2D eigenvalue weighted by molar-refractivity contribution is 9.11. The van der Waals surface area contributed by atoms with Crippen LogP contribution in [0.4, 0.5) is 0 Å². The summed E-state index contributed by atoms with van der Waals surface area (Å²) in [6, 6.07) is 4.28. The third-order valence-electron chi connectivity index (χ3n) is 2.18. The fourth-order valence-electron chi connectivity index (χ4n) is 1.44. The zero-order valence-electron chi connectivity index (χ0n) is 8.50. The first-order chi connectivity index (χ1) is 7.27. The zero-order chi connectivity index (χ0) is 11.1. The maximum atomic E-state index is 8.71. The van der Waals surface area contributed by atoms with E-state index < -0.39 is 0 Å². The van der Waals surface area contributed by atoms with Crippen LogP contribution in [-0.4, -0.2) is 11.7 Å². The van der Waals surface area contributed by atoms with Crippen molar-refractivity contribution in [3.63, 3.8) is 0 Å². The van der Waals surface area contributed by atoms with Crippen LogP contribution < -0.4 is 0 Å². The van der Waals surface area contributed by atoms with E-state index in [2.05, 4.69) is 28.1 Å². The third-order valence-corrected chi connectivity index (χ3v) is 3.92. The predicted molar refractivity (Wildman–Crippen MR) is 66.0 cm³/mol. The van der Waals surface area contributed by atoms with Crippen LogP contribution in [0.3, 0.4) is 0 Å². The Morgan fingerprint density at radius 1 is 1.40 bits per heavy atom. The highest BCUT2D eigenvalue weighted by Gasteiger charge is 2.07. The van der Waals surface area contributed by atoms with Gasteiger partial charge in [0.05, 0.1) is 9.86 Å². The lowest BCUT2D eigenvalue weighted by molar-refractivity contribution is 0.285. The van der Waals surface area contributed by atoms with E-state index in [0.29, 0.717) is 6.42 Å². The van der Waals surface area contributed by atoms with Crippen molar-refractivity contribution in [2.24, 2.45) is 0 Å². The van der Waals surface area contributed by atoms with Crippen molar-refractivity contribution < 1.29 is 5.11 Å². The summed E-state index contributed by atoms with van der Waals surface area (Å²) in [6.45, 7) is 0.264. The molecule has 2 nitrogen and oxygen atoms in total. The molecule has 0 saturated carbocycles. The number of unbranched alkanes of at least 4 members (excludes halogenated alkanes) is 1. The minimum absolute atomic E-state index is 0.264. The van der Waals surface area contributed by atoms with Crippen molar-refractivity contribution >= 4 is 27.3 Å². The van der Waals surface area contributed by atoms with Gasteiger partial charge >= 0.3 is 0 Å². The van der Waals surface area contributed by atoms with Crippen LogP contribution in [-0.2, 0) is 12.8 Å². The Morgan fingerprint density at radius 3 is 2.87 bits per heavy atom. The van der Waals surface area contributed by atoms with Gasteiger partial charge in [-0.2, -0.15) is 5.26 Å². The van der Waals surface area contributed by atoms with Gasteiger partial charge in [-0.15, -0.1) is 11.3 Å². The maximum absolute atomic E-state index is 8.71. The molecule has 0 aliphatic heterocycles. The second kappa shape index (κ2) is 7.00. The molecule has 0 spiro atoms. The quantitative estimate of drug-likeness (QED) is 0.816. The van der Waals surface area contributed by atoms with Crippen LogP contribution in [0.1, 0.15) is 29.7 Å². The van der Waals surface area contributed by atoms with E-state index in [9.17, 15) is 0 Å². The van der Waals surface area contributed by atoms with E-state index in [0.717, 1.165) is 29.5 Å². The highest BCUT2D eigenvalue weighted by atomic mass is 79.9. The molecular formula is C11H14BrNOS. The van der Waals surface area contributed by atoms with Gasteiger partial charge in [-0.1, -0.05) is 0 Å². The van der Waals surface area contributed by atoms with Gasteiger partial charge in [-0.3, -0.25) is 0 Å². The minimum Gasteiger partial charge on any atom is -0.396 e. The summed E-state index contributed by atoms with van der Waals surface area (Å²) in [5.41, 5.74) is 1.28. The monoisotopic (exact) mass is 287 g/mol. The van der Waals surface area contributed by atoms with E-state index in [1.807, 2.05) is 0 Å². The van der Waals surface area contributed by atoms with Crippen molar-refractivity contribution in [3.8, 4) is 6.07 Å². The number of thiophene rings is 1. The molecule has 4 heteroatoms. The van der Waals surface area contributed by atoms with Crippen molar-refractivity contribution in [1.29, 1.82) is 5.26 Å². The number of halogens is 1. The van der Waals surface area contributed by atoms with Crippen molar-refractivity contribution in [2.75, 3.05) is 6.61 Å². The first-order valence-corrected chi connectivity index (χ1v) is 6.63. The van der Waals surface area contributed by atoms with Crippen LogP contribution in [0.5, 0.6) is 0 Å². The van der Waals surface area contributed by atoms with Crippen molar-refractivity contribution in [1.82, 2.24) is 0 Å². The maximum Gasteiger partial charge on any atom is 0.0704 e. The molecule has 15 heavy (non-hydrogen) atoms. The molecular weight excluding hydrogens is 274 g/mol. The second-order valence-corrected chi connectivity index (χ2v) is 5.85. The number of aryl methyl sites for hydroxylation is 2. The van der Waals surface area contributed by atoms with Gasteiger partial charge in [-0.05, 0) is 53.2 Å². The Kier molecular flexibility index (Phi) is 5.92. The van der Waals surface area contributed by atoms with E-state index >= 15 is 0 Å². The molecule has 1 N–H and O–H groups in total. The topological polar surface area (TPSA) is 44.0 Å². The Bertz CT molecular complexity index is 343. The van der Waals surface area contributed by atoms with Crippen molar-refractivity contribution in [2.45, 2.75) is 32.1 Å². The molecule has 0 saturated heterocycles. The first-order valence-electron chi connectivity index (χ1n) is 5.03. The minimum atomic E-state index is 0.264. The van der Waals surface area contributed by atoms with Crippen LogP contribution in [0.15, 0.2) is 9.85 Å². The van der Waals surface area contributed by atoms with E-state index in [1.165, 1.54) is 10.4 Å². The summed E-state index contributed by atoms with van der Waals surface area (Å²) < 4.78 is 1.13. The smallest absolute Gasteiger partial charge is 0.0704 e. The summed E-state index contributed by atoms with van der Waals surface area (Å²) in [7, 11) is 0. The molecule has 1 rings (SSSR count). The van der Waals surface area contributed by atoms with Gasteiger partial charge in [0.15, 0.2) is 0 Å². The molecule has 0 radical (unpaired) electrons. The molecule has 82 valence electrons. The predicted octanol–water partition coefficient (Wildman–Crippen LogP) is 3.28. The van der Waals surface area contributed by atoms with Gasteiger partial charge < -0.3 is 5.11 Å². The van der Waals surface area contributed by atoms with E-state index in [4.69, 9.17) is 10.4 Å². The van der Waals surface area contributed by atoms with E-state index in [-0.39, 0.29) is 6.61 Å². The van der Waals surface area contributed by atoms with Gasteiger partial charge in [0.2, 0.25) is 0 Å². The summed E-state index contributed by atoms with van der Waals surface area (Å²) in [5, 5.41) is 17.3. The lowest BCUT2D eigenvalue weighted by atomic mass is 10.1. The van der Waals surface area contributed by atoms with Gasteiger partial charge in [0, 0.05) is 17.9 Å². The molecule has 0 atom stereocenters. The fraction of sp³-hybridized carbons (Fsp3) is 0.545. The number of nitriles is 1. The lowest BCUT2D eigenvalue weighted by Gasteiger charge is -2.00. The average molecular weight is 288 g/mol. The molecule has 1 aromatic rings.